The number of nitriles is 1. The fourth-order valence-corrected chi connectivity index (χ4v) is 2.90. The number of ether oxygens (including phenoxy) is 1. The van der Waals surface area contributed by atoms with E-state index in [0.717, 1.165) is 0 Å². The predicted octanol–water partition coefficient (Wildman–Crippen LogP) is 2.68. The largest absolute Gasteiger partial charge is 0.478 e. The summed E-state index contributed by atoms with van der Waals surface area (Å²) in [6.45, 7) is 3.06. The van der Waals surface area contributed by atoms with Gasteiger partial charge in [-0.25, -0.2) is 39.5 Å². The van der Waals surface area contributed by atoms with Crippen molar-refractivity contribution in [3.63, 3.8) is 0 Å². The molecule has 4 rings (SSSR count). The molecular formula is C25H23N9O4. The quantitative estimate of drug-likeness (QED) is 0.219. The van der Waals surface area contributed by atoms with Crippen LogP contribution in [-0.4, -0.2) is 66.6 Å². The maximum Gasteiger partial charge on any atom is 0.341 e. The summed E-state index contributed by atoms with van der Waals surface area (Å²) < 4.78 is 5.11. The molecule has 38 heavy (non-hydrogen) atoms. The van der Waals surface area contributed by atoms with Crippen molar-refractivity contribution in [1.29, 1.82) is 5.26 Å². The first kappa shape index (κ1) is 27.1. The average Bonchev–Trinajstić information content (AvgIpc) is 2.97. The number of hydrogen-bond donors (Lipinski definition) is 3. The zero-order valence-electron chi connectivity index (χ0n) is 20.3. The van der Waals surface area contributed by atoms with Crippen LogP contribution < -0.4 is 10.6 Å². The molecule has 0 saturated carbocycles. The number of anilines is 2. The number of benzene rings is 1. The summed E-state index contributed by atoms with van der Waals surface area (Å²) in [5, 5.41) is 23.5. The molecule has 1 aromatic carbocycles. The summed E-state index contributed by atoms with van der Waals surface area (Å²) in [5.74, 6) is -0.601. The lowest BCUT2D eigenvalue weighted by Gasteiger charge is -2.11. The summed E-state index contributed by atoms with van der Waals surface area (Å²) in [6.07, 6.45) is 8.53. The van der Waals surface area contributed by atoms with Gasteiger partial charge in [-0.3, -0.25) is 0 Å². The van der Waals surface area contributed by atoms with Gasteiger partial charge in [-0.1, -0.05) is 12.1 Å². The molecular weight excluding hydrogens is 490 g/mol. The van der Waals surface area contributed by atoms with Crippen LogP contribution in [0.5, 0.6) is 0 Å². The highest BCUT2D eigenvalue weighted by atomic mass is 16.5. The zero-order chi connectivity index (χ0) is 27.2. The van der Waals surface area contributed by atoms with Crippen LogP contribution in [0.15, 0.2) is 67.6 Å². The minimum absolute atomic E-state index is 0.109. The molecule has 13 nitrogen and oxygen atoms in total. The second-order valence-electron chi connectivity index (χ2n) is 7.22. The van der Waals surface area contributed by atoms with Gasteiger partial charge >= 0.3 is 11.9 Å². The molecule has 192 valence electrons. The van der Waals surface area contributed by atoms with Gasteiger partial charge in [-0.15, -0.1) is 0 Å². The molecule has 3 aromatic heterocycles. The van der Waals surface area contributed by atoms with Crippen molar-refractivity contribution in [3.05, 3.63) is 84.3 Å². The monoisotopic (exact) mass is 513 g/mol. The Morgan fingerprint density at radius 3 is 2.21 bits per heavy atom. The van der Waals surface area contributed by atoms with Gasteiger partial charge in [0, 0.05) is 49.6 Å². The summed E-state index contributed by atoms with van der Waals surface area (Å²) in [5.41, 5.74) is 2.02. The van der Waals surface area contributed by atoms with E-state index in [2.05, 4.69) is 46.6 Å². The number of aromatic carboxylic acids is 1. The van der Waals surface area contributed by atoms with Gasteiger partial charge in [-0.2, -0.15) is 5.26 Å². The van der Waals surface area contributed by atoms with Gasteiger partial charge < -0.3 is 20.5 Å². The molecule has 0 bridgehead atoms. The van der Waals surface area contributed by atoms with Crippen molar-refractivity contribution >= 4 is 23.8 Å². The first-order valence-electron chi connectivity index (χ1n) is 11.3. The van der Waals surface area contributed by atoms with Crippen molar-refractivity contribution in [2.24, 2.45) is 0 Å². The summed E-state index contributed by atoms with van der Waals surface area (Å²) in [4.78, 5) is 46.3. The lowest BCUT2D eigenvalue weighted by Crippen LogP contribution is -2.17. The maximum atomic E-state index is 12.3. The fraction of sp³-hybridized carbons (Fsp3) is 0.160. The third kappa shape index (κ3) is 8.02. The predicted molar refractivity (Wildman–Crippen MR) is 136 cm³/mol. The lowest BCUT2D eigenvalue weighted by molar-refractivity contribution is 0.0526. The third-order valence-corrected chi connectivity index (χ3v) is 4.64. The standard InChI is InChI=1S/C20H19N7O2.C5H4N2O2/c1-2-29-18(28)16-13-26-20(25-11-10-24-19-22-8-3-9-23-19)27-17(16)15-6-4-14(12-21)5-7-15;8-5(9)4-1-6-3-7-2-4/h3-9,13H,2,10-11H2,1H3,(H,22,23,24)(H,25,26,27);1-3H,(H,8,9). The van der Waals surface area contributed by atoms with E-state index >= 15 is 0 Å². The first-order valence-corrected chi connectivity index (χ1v) is 11.3. The van der Waals surface area contributed by atoms with E-state index in [4.69, 9.17) is 15.1 Å². The van der Waals surface area contributed by atoms with E-state index < -0.39 is 11.9 Å². The van der Waals surface area contributed by atoms with Crippen LogP contribution in [0.3, 0.4) is 0 Å². The number of carbonyl (C=O) groups excluding carboxylic acids is 1. The Hall–Kier alpha value is -5.51. The molecule has 0 aliphatic carbocycles. The molecule has 0 radical (unpaired) electrons. The Balaban J connectivity index is 0.000000375. The molecule has 3 heterocycles. The second-order valence-corrected chi connectivity index (χ2v) is 7.22. The van der Waals surface area contributed by atoms with E-state index in [1.165, 1.54) is 24.9 Å². The number of esters is 1. The summed E-state index contributed by atoms with van der Waals surface area (Å²) >= 11 is 0. The van der Waals surface area contributed by atoms with Crippen molar-refractivity contribution < 1.29 is 19.4 Å². The highest BCUT2D eigenvalue weighted by molar-refractivity contribution is 5.96. The minimum Gasteiger partial charge on any atom is -0.478 e. The van der Waals surface area contributed by atoms with E-state index in [-0.39, 0.29) is 17.7 Å². The van der Waals surface area contributed by atoms with Crippen molar-refractivity contribution in [3.8, 4) is 17.3 Å². The fourth-order valence-electron chi connectivity index (χ4n) is 2.90. The normalized spacial score (nSPS) is 9.79. The minimum atomic E-state index is -1.00. The van der Waals surface area contributed by atoms with Gasteiger partial charge in [0.1, 0.15) is 11.9 Å². The molecule has 3 N–H and O–H groups in total. The molecule has 0 aliphatic rings. The van der Waals surface area contributed by atoms with Gasteiger partial charge in [0.25, 0.3) is 0 Å². The highest BCUT2D eigenvalue weighted by Gasteiger charge is 2.17. The Labute approximate surface area is 217 Å². The SMILES string of the molecule is CCOC(=O)c1cnc(NCCNc2ncccn2)nc1-c1ccc(C#N)cc1.O=C(O)c1cncnc1. The second kappa shape index (κ2) is 14.1. The molecule has 0 spiro atoms. The van der Waals surface area contributed by atoms with Crippen LogP contribution in [0, 0.1) is 11.3 Å². The van der Waals surface area contributed by atoms with E-state index in [9.17, 15) is 9.59 Å². The number of carbonyl (C=O) groups is 2. The number of rotatable bonds is 9. The molecule has 0 aliphatic heterocycles. The van der Waals surface area contributed by atoms with Crippen molar-refractivity contribution in [1.82, 2.24) is 29.9 Å². The molecule has 13 heteroatoms. The van der Waals surface area contributed by atoms with Gasteiger partial charge in [0.15, 0.2) is 0 Å². The molecule has 0 fully saturated rings. The molecule has 0 atom stereocenters. The lowest BCUT2D eigenvalue weighted by atomic mass is 10.1. The Morgan fingerprint density at radius 1 is 0.974 bits per heavy atom. The van der Waals surface area contributed by atoms with E-state index in [1.54, 1.807) is 49.6 Å². The molecule has 0 amide bonds. The van der Waals surface area contributed by atoms with Crippen LogP contribution in [-0.2, 0) is 4.74 Å². The zero-order valence-corrected chi connectivity index (χ0v) is 20.3. The van der Waals surface area contributed by atoms with Gasteiger partial charge in [0.2, 0.25) is 11.9 Å². The molecule has 0 unspecified atom stereocenters. The highest BCUT2D eigenvalue weighted by Crippen LogP contribution is 2.23. The smallest absolute Gasteiger partial charge is 0.341 e. The number of carboxylic acids is 1. The van der Waals surface area contributed by atoms with Crippen LogP contribution in [0.4, 0.5) is 11.9 Å². The van der Waals surface area contributed by atoms with Gasteiger partial charge in [0.05, 0.1) is 29.5 Å². The number of aromatic nitrogens is 6. The summed E-state index contributed by atoms with van der Waals surface area (Å²) in [7, 11) is 0. The van der Waals surface area contributed by atoms with E-state index in [0.29, 0.717) is 41.8 Å². The Bertz CT molecular complexity index is 1380. The van der Waals surface area contributed by atoms with E-state index in [1.807, 2.05) is 0 Å². The van der Waals surface area contributed by atoms with Crippen LogP contribution >= 0.6 is 0 Å². The van der Waals surface area contributed by atoms with Gasteiger partial charge in [-0.05, 0) is 25.1 Å². The first-order chi connectivity index (χ1) is 18.5. The maximum absolute atomic E-state index is 12.3. The number of nitrogens with one attached hydrogen (secondary N) is 2. The molecule has 0 saturated heterocycles. The molecule has 4 aromatic rings. The van der Waals surface area contributed by atoms with Crippen LogP contribution in [0.2, 0.25) is 0 Å². The van der Waals surface area contributed by atoms with Crippen LogP contribution in [0.25, 0.3) is 11.3 Å². The number of carboxylic acid groups (broad SMARTS) is 1. The number of hydrogen-bond acceptors (Lipinski definition) is 12. The van der Waals surface area contributed by atoms with Crippen LogP contribution in [0.1, 0.15) is 33.2 Å². The summed E-state index contributed by atoms with van der Waals surface area (Å²) in [6, 6.07) is 10.6. The third-order valence-electron chi connectivity index (χ3n) is 4.64. The topological polar surface area (TPSA) is 189 Å². The Morgan fingerprint density at radius 2 is 1.63 bits per heavy atom. The van der Waals surface area contributed by atoms with Crippen molar-refractivity contribution in [2.75, 3.05) is 30.3 Å². The number of nitrogens with zero attached hydrogens (tertiary/aromatic N) is 7. The Kier molecular flexibility index (Phi) is 10.1. The van der Waals surface area contributed by atoms with Crippen molar-refractivity contribution in [2.45, 2.75) is 6.92 Å². The average molecular weight is 514 g/mol.